The third-order valence-electron chi connectivity index (χ3n) is 4.62. The molecule has 4 rings (SSSR count). The summed E-state index contributed by atoms with van der Waals surface area (Å²) in [5, 5.41) is 7.46. The van der Waals surface area contributed by atoms with Gasteiger partial charge in [0.1, 0.15) is 10.5 Å². The second kappa shape index (κ2) is 8.02. The number of anilines is 2. The highest BCUT2D eigenvalue weighted by molar-refractivity contribution is 7.86. The van der Waals surface area contributed by atoms with Gasteiger partial charge in [-0.2, -0.15) is 21.6 Å². The Morgan fingerprint density at radius 1 is 1.23 bits per heavy atom. The number of rotatable bonds is 4. The largest absolute Gasteiger partial charge is 0.420 e. The van der Waals surface area contributed by atoms with Gasteiger partial charge in [-0.15, -0.1) is 11.3 Å². The number of benzene rings is 1. The molecule has 3 aromatic rings. The molecule has 0 saturated carbocycles. The summed E-state index contributed by atoms with van der Waals surface area (Å²) in [6.45, 7) is 1.47. The van der Waals surface area contributed by atoms with Gasteiger partial charge in [0.2, 0.25) is 5.95 Å². The van der Waals surface area contributed by atoms with Crippen molar-refractivity contribution in [1.29, 1.82) is 0 Å². The number of fused-ring (bicyclic) bond motifs is 1. The molecule has 13 heteroatoms. The molecule has 7 nitrogen and oxygen atoms in total. The molecule has 0 unspecified atom stereocenters. The van der Waals surface area contributed by atoms with Crippen molar-refractivity contribution < 1.29 is 26.1 Å². The quantitative estimate of drug-likeness (QED) is 0.462. The van der Waals surface area contributed by atoms with E-state index in [1.54, 1.807) is 12.1 Å². The van der Waals surface area contributed by atoms with E-state index < -0.39 is 32.4 Å². The molecule has 1 aromatic carbocycles. The number of hydrogen-bond donors (Lipinski definition) is 3. The highest BCUT2D eigenvalue weighted by Gasteiger charge is 2.36. The molecule has 0 atom stereocenters. The summed E-state index contributed by atoms with van der Waals surface area (Å²) >= 11 is 7.01. The predicted molar refractivity (Wildman–Crippen MR) is 110 cm³/mol. The van der Waals surface area contributed by atoms with Crippen LogP contribution >= 0.6 is 22.9 Å². The Morgan fingerprint density at radius 3 is 2.68 bits per heavy atom. The van der Waals surface area contributed by atoms with Gasteiger partial charge in [0.15, 0.2) is 0 Å². The van der Waals surface area contributed by atoms with E-state index in [2.05, 4.69) is 20.6 Å². The molecule has 0 saturated heterocycles. The summed E-state index contributed by atoms with van der Waals surface area (Å²) in [7, 11) is -4.56. The lowest BCUT2D eigenvalue weighted by molar-refractivity contribution is -0.137. The zero-order chi connectivity index (χ0) is 22.4. The van der Waals surface area contributed by atoms with Crippen molar-refractivity contribution >= 4 is 44.7 Å². The minimum Gasteiger partial charge on any atom is -0.323 e. The van der Waals surface area contributed by atoms with Gasteiger partial charge in [0, 0.05) is 18.1 Å². The first-order chi connectivity index (χ1) is 14.5. The number of alkyl halides is 3. The third-order valence-corrected chi connectivity index (χ3v) is 6.85. The summed E-state index contributed by atoms with van der Waals surface area (Å²) in [4.78, 5) is 7.13. The van der Waals surface area contributed by atoms with E-state index in [0.29, 0.717) is 34.8 Å². The second-order valence-electron chi connectivity index (χ2n) is 6.73. The van der Waals surface area contributed by atoms with E-state index in [1.165, 1.54) is 0 Å². The van der Waals surface area contributed by atoms with Crippen molar-refractivity contribution in [2.45, 2.75) is 24.0 Å². The smallest absolute Gasteiger partial charge is 0.323 e. The SMILES string of the molecule is O=S(=O)(O)c1csc(-c2nc(Nc3cc4c(cc3Cl)CNCC4)ncc2C(F)(F)F)c1. The molecule has 3 N–H and O–H groups in total. The lowest BCUT2D eigenvalue weighted by Gasteiger charge is -2.19. The van der Waals surface area contributed by atoms with Gasteiger partial charge >= 0.3 is 6.18 Å². The fraction of sp³-hybridized carbons (Fsp3) is 0.222. The minimum atomic E-state index is -4.77. The van der Waals surface area contributed by atoms with E-state index in [4.69, 9.17) is 16.2 Å². The zero-order valence-corrected chi connectivity index (χ0v) is 17.9. The van der Waals surface area contributed by atoms with Crippen LogP contribution in [0.3, 0.4) is 0 Å². The van der Waals surface area contributed by atoms with E-state index in [9.17, 15) is 21.6 Å². The Morgan fingerprint density at radius 2 is 2.00 bits per heavy atom. The Balaban J connectivity index is 1.75. The summed E-state index contributed by atoms with van der Waals surface area (Å²) in [5.41, 5.74) is 0.881. The van der Waals surface area contributed by atoms with Crippen LogP contribution in [0.15, 0.2) is 34.7 Å². The first kappa shape index (κ1) is 22.0. The zero-order valence-electron chi connectivity index (χ0n) is 15.5. The van der Waals surface area contributed by atoms with Crippen LogP contribution in [0.25, 0.3) is 10.6 Å². The second-order valence-corrected chi connectivity index (χ2v) is 9.47. The molecule has 164 valence electrons. The summed E-state index contributed by atoms with van der Waals surface area (Å²) in [5.74, 6) is -0.138. The Hall–Kier alpha value is -2.25. The van der Waals surface area contributed by atoms with Crippen molar-refractivity contribution in [3.05, 3.63) is 51.5 Å². The third kappa shape index (κ3) is 4.67. The van der Waals surface area contributed by atoms with E-state index in [1.807, 2.05) is 0 Å². The molecule has 3 heterocycles. The maximum Gasteiger partial charge on any atom is 0.420 e. The molecule has 31 heavy (non-hydrogen) atoms. The fourth-order valence-electron chi connectivity index (χ4n) is 3.13. The highest BCUT2D eigenvalue weighted by atomic mass is 35.5. The van der Waals surface area contributed by atoms with Crippen LogP contribution in [0.2, 0.25) is 5.02 Å². The Bertz CT molecular complexity index is 1260. The molecule has 0 amide bonds. The van der Waals surface area contributed by atoms with E-state index >= 15 is 0 Å². The minimum absolute atomic E-state index is 0.0898. The number of thiophene rings is 1. The van der Waals surface area contributed by atoms with Crippen molar-refractivity contribution in [3.8, 4) is 10.6 Å². The topological polar surface area (TPSA) is 104 Å². The lowest BCUT2D eigenvalue weighted by atomic mass is 10.0. The number of nitrogens with zero attached hydrogens (tertiary/aromatic N) is 2. The fourth-order valence-corrected chi connectivity index (χ4v) is 5.11. The average molecular weight is 491 g/mol. The van der Waals surface area contributed by atoms with Crippen LogP contribution in [0.4, 0.5) is 24.8 Å². The maximum atomic E-state index is 13.5. The van der Waals surface area contributed by atoms with Gasteiger partial charge in [-0.25, -0.2) is 9.97 Å². The van der Waals surface area contributed by atoms with Gasteiger partial charge in [-0.1, -0.05) is 11.6 Å². The van der Waals surface area contributed by atoms with Crippen LogP contribution in [0.1, 0.15) is 16.7 Å². The molecule has 0 bridgehead atoms. The molecule has 2 aromatic heterocycles. The Kier molecular flexibility index (Phi) is 5.68. The van der Waals surface area contributed by atoms with Crippen LogP contribution in [0.5, 0.6) is 0 Å². The summed E-state index contributed by atoms with van der Waals surface area (Å²) in [6, 6.07) is 4.51. The molecule has 0 radical (unpaired) electrons. The number of hydrogen-bond acceptors (Lipinski definition) is 7. The van der Waals surface area contributed by atoms with Crippen LogP contribution in [-0.4, -0.2) is 29.5 Å². The summed E-state index contributed by atoms with van der Waals surface area (Å²) < 4.78 is 72.2. The van der Waals surface area contributed by atoms with Gasteiger partial charge in [0.05, 0.1) is 21.3 Å². The molecular weight excluding hydrogens is 477 g/mol. The standard InChI is InChI=1S/C18H14ClF3N4O3S2/c19-13-3-10-6-23-2-1-9(10)4-14(13)25-17-24-7-12(18(20,21)22)16(26-17)15-5-11(8-30-15)31(27,28)29/h3-5,7-8,23H,1-2,6H2,(H,24,25,26)(H,27,28,29). The number of nitrogens with one attached hydrogen (secondary N) is 2. The predicted octanol–water partition coefficient (Wildman–Crippen LogP) is 4.51. The molecule has 0 spiro atoms. The Labute approximate surface area is 184 Å². The van der Waals surface area contributed by atoms with E-state index in [0.717, 1.165) is 35.5 Å². The highest BCUT2D eigenvalue weighted by Crippen LogP contribution is 2.39. The number of aromatic nitrogens is 2. The van der Waals surface area contributed by atoms with Crippen molar-refractivity contribution in [2.75, 3.05) is 11.9 Å². The average Bonchev–Trinajstić information content (AvgIpc) is 3.18. The first-order valence-electron chi connectivity index (χ1n) is 8.82. The van der Waals surface area contributed by atoms with Crippen molar-refractivity contribution in [3.63, 3.8) is 0 Å². The van der Waals surface area contributed by atoms with Crippen molar-refractivity contribution in [1.82, 2.24) is 15.3 Å². The monoisotopic (exact) mass is 490 g/mol. The van der Waals surface area contributed by atoms with Crippen LogP contribution < -0.4 is 10.6 Å². The van der Waals surface area contributed by atoms with Gasteiger partial charge < -0.3 is 10.6 Å². The molecule has 1 aliphatic rings. The maximum absolute atomic E-state index is 13.5. The van der Waals surface area contributed by atoms with Crippen molar-refractivity contribution in [2.24, 2.45) is 0 Å². The van der Waals surface area contributed by atoms with Gasteiger partial charge in [-0.05, 0) is 42.3 Å². The molecular formula is C18H14ClF3N4O3S2. The first-order valence-corrected chi connectivity index (χ1v) is 11.5. The normalized spacial score (nSPS) is 14.4. The molecule has 1 aliphatic heterocycles. The summed E-state index contributed by atoms with van der Waals surface area (Å²) in [6.07, 6.45) is -3.38. The van der Waals surface area contributed by atoms with E-state index in [-0.39, 0.29) is 10.8 Å². The van der Waals surface area contributed by atoms with Crippen LogP contribution in [-0.2, 0) is 29.3 Å². The molecule has 0 aliphatic carbocycles. The van der Waals surface area contributed by atoms with Crippen LogP contribution in [0, 0.1) is 0 Å². The molecule has 0 fully saturated rings. The van der Waals surface area contributed by atoms with Gasteiger partial charge in [0.25, 0.3) is 10.1 Å². The number of halogens is 4. The van der Waals surface area contributed by atoms with Gasteiger partial charge in [-0.3, -0.25) is 4.55 Å². The lowest BCUT2D eigenvalue weighted by Crippen LogP contribution is -2.23.